The van der Waals surface area contributed by atoms with E-state index in [-0.39, 0.29) is 5.92 Å². The number of benzene rings is 2. The Kier molecular flexibility index (Phi) is 7.09. The topological polar surface area (TPSA) is 96.2 Å². The quantitative estimate of drug-likeness (QED) is 0.474. The molecule has 34 heavy (non-hydrogen) atoms. The average molecular weight is 470 g/mol. The summed E-state index contributed by atoms with van der Waals surface area (Å²) in [6.45, 7) is 9.04. The Balaban J connectivity index is 2.35. The number of aliphatic carboxylic acids is 1. The number of carboxylic acids is 1. The molecule has 0 aliphatic rings. The molecule has 1 heterocycles. The molecule has 0 bridgehead atoms. The van der Waals surface area contributed by atoms with Crippen LogP contribution in [0.4, 0.5) is 4.79 Å². The first-order chi connectivity index (χ1) is 16.0. The van der Waals surface area contributed by atoms with Gasteiger partial charge in [-0.3, -0.25) is 0 Å². The lowest BCUT2D eigenvalue weighted by molar-refractivity contribution is -0.139. The van der Waals surface area contributed by atoms with E-state index in [0.717, 1.165) is 16.5 Å². The van der Waals surface area contributed by atoms with Crippen LogP contribution in [0.3, 0.4) is 0 Å². The maximum Gasteiger partial charge on any atom is 0.419 e. The zero-order valence-electron chi connectivity index (χ0n) is 20.6. The lowest BCUT2D eigenvalue weighted by atomic mass is 9.95. The molecule has 0 saturated carbocycles. The number of hydrogen-bond donors (Lipinski definition) is 1. The predicted octanol–water partition coefficient (Wildman–Crippen LogP) is 5.70. The normalized spacial score (nSPS) is 11.5. The molecule has 3 aromatic rings. The maximum absolute atomic E-state index is 13.5. The van der Waals surface area contributed by atoms with Gasteiger partial charge in [-0.2, -0.15) is 0 Å². The summed E-state index contributed by atoms with van der Waals surface area (Å²) >= 11 is 0. The molecule has 0 saturated heterocycles. The van der Waals surface area contributed by atoms with Crippen LogP contribution < -0.4 is 14.2 Å². The molecule has 182 valence electrons. The number of ether oxygens (including phenoxy) is 4. The highest BCUT2D eigenvalue weighted by atomic mass is 16.6. The second kappa shape index (κ2) is 9.67. The van der Waals surface area contributed by atoms with Crippen LogP contribution in [0.1, 0.15) is 46.1 Å². The number of fused-ring (bicyclic) bond motifs is 1. The first-order valence-corrected chi connectivity index (χ1v) is 11.0. The standard InChI is InChI=1S/C26H31NO7/c1-15(2)23-18-13-17(33-14-22(28)29)9-10-19(18)27(25(30)34-26(3,4)5)24(23)16-8-11-20(31-6)21(12-16)32-7/h8-13,15H,14H2,1-7H3,(H,28,29). The summed E-state index contributed by atoms with van der Waals surface area (Å²) in [6.07, 6.45) is -0.520. The van der Waals surface area contributed by atoms with Crippen LogP contribution in [0.2, 0.25) is 0 Å². The van der Waals surface area contributed by atoms with Crippen molar-refractivity contribution in [2.24, 2.45) is 0 Å². The van der Waals surface area contributed by atoms with Gasteiger partial charge in [-0.25, -0.2) is 14.2 Å². The molecular formula is C26H31NO7. The zero-order chi connectivity index (χ0) is 25.2. The Labute approximate surface area is 199 Å². The number of nitrogens with zero attached hydrogens (tertiary/aromatic N) is 1. The van der Waals surface area contributed by atoms with Gasteiger partial charge in [0.25, 0.3) is 0 Å². The maximum atomic E-state index is 13.5. The Bertz CT molecular complexity index is 1220. The van der Waals surface area contributed by atoms with E-state index in [4.69, 9.17) is 24.1 Å². The summed E-state index contributed by atoms with van der Waals surface area (Å²) in [5.74, 6) is 0.449. The Morgan fingerprint density at radius 2 is 1.68 bits per heavy atom. The summed E-state index contributed by atoms with van der Waals surface area (Å²) in [4.78, 5) is 24.4. The van der Waals surface area contributed by atoms with E-state index < -0.39 is 24.3 Å². The van der Waals surface area contributed by atoms with Crippen molar-refractivity contribution in [2.75, 3.05) is 20.8 Å². The Morgan fingerprint density at radius 1 is 1.00 bits per heavy atom. The fraction of sp³-hybridized carbons (Fsp3) is 0.385. The van der Waals surface area contributed by atoms with E-state index in [1.165, 1.54) is 0 Å². The summed E-state index contributed by atoms with van der Waals surface area (Å²) in [5.41, 5.74) is 2.23. The van der Waals surface area contributed by atoms with E-state index in [1.54, 1.807) is 43.1 Å². The van der Waals surface area contributed by atoms with Crippen molar-refractivity contribution in [3.8, 4) is 28.5 Å². The van der Waals surface area contributed by atoms with Crippen molar-refractivity contribution in [1.82, 2.24) is 4.57 Å². The minimum atomic E-state index is -1.07. The van der Waals surface area contributed by atoms with Crippen molar-refractivity contribution >= 4 is 23.0 Å². The minimum Gasteiger partial charge on any atom is -0.493 e. The van der Waals surface area contributed by atoms with Gasteiger partial charge in [0.15, 0.2) is 18.1 Å². The lowest BCUT2D eigenvalue weighted by Gasteiger charge is -2.21. The highest BCUT2D eigenvalue weighted by molar-refractivity contribution is 6.00. The van der Waals surface area contributed by atoms with Gasteiger partial charge in [-0.1, -0.05) is 13.8 Å². The predicted molar refractivity (Wildman–Crippen MR) is 129 cm³/mol. The van der Waals surface area contributed by atoms with Gasteiger partial charge in [0.1, 0.15) is 11.4 Å². The van der Waals surface area contributed by atoms with Gasteiger partial charge in [0.05, 0.1) is 25.4 Å². The molecule has 0 amide bonds. The highest BCUT2D eigenvalue weighted by Gasteiger charge is 2.28. The number of rotatable bonds is 7. The van der Waals surface area contributed by atoms with Crippen molar-refractivity contribution in [3.63, 3.8) is 0 Å². The van der Waals surface area contributed by atoms with E-state index in [2.05, 4.69) is 0 Å². The molecule has 0 atom stereocenters. The number of aromatic nitrogens is 1. The van der Waals surface area contributed by atoms with Crippen LogP contribution in [0.15, 0.2) is 36.4 Å². The van der Waals surface area contributed by atoms with Crippen LogP contribution in [-0.2, 0) is 9.53 Å². The van der Waals surface area contributed by atoms with E-state index >= 15 is 0 Å². The van der Waals surface area contributed by atoms with E-state index in [1.807, 2.05) is 46.8 Å². The fourth-order valence-electron chi connectivity index (χ4n) is 3.88. The summed E-state index contributed by atoms with van der Waals surface area (Å²) in [6, 6.07) is 10.6. The second-order valence-corrected chi connectivity index (χ2v) is 9.16. The molecule has 1 N–H and O–H groups in total. The van der Waals surface area contributed by atoms with Gasteiger partial charge in [0, 0.05) is 10.9 Å². The Hall–Kier alpha value is -3.68. The van der Waals surface area contributed by atoms with Crippen molar-refractivity contribution in [3.05, 3.63) is 42.0 Å². The molecule has 8 nitrogen and oxygen atoms in total. The van der Waals surface area contributed by atoms with Crippen LogP contribution >= 0.6 is 0 Å². The van der Waals surface area contributed by atoms with Crippen molar-refractivity contribution in [2.45, 2.75) is 46.1 Å². The number of carboxylic acid groups (broad SMARTS) is 1. The van der Waals surface area contributed by atoms with Gasteiger partial charge in [-0.05, 0) is 68.7 Å². The highest BCUT2D eigenvalue weighted by Crippen LogP contribution is 2.42. The molecular weight excluding hydrogens is 438 g/mol. The molecule has 0 aliphatic carbocycles. The van der Waals surface area contributed by atoms with Gasteiger partial charge in [-0.15, -0.1) is 0 Å². The monoisotopic (exact) mass is 469 g/mol. The largest absolute Gasteiger partial charge is 0.493 e. The molecule has 0 radical (unpaired) electrons. The molecule has 8 heteroatoms. The summed E-state index contributed by atoms with van der Waals surface area (Å²) < 4.78 is 23.6. The molecule has 2 aromatic carbocycles. The van der Waals surface area contributed by atoms with Crippen molar-refractivity contribution < 1.29 is 33.6 Å². The summed E-state index contributed by atoms with van der Waals surface area (Å²) in [5, 5.41) is 9.76. The number of carbonyl (C=O) groups excluding carboxylic acids is 1. The van der Waals surface area contributed by atoms with Gasteiger partial charge >= 0.3 is 12.1 Å². The zero-order valence-corrected chi connectivity index (χ0v) is 20.6. The molecule has 0 fully saturated rings. The Morgan fingerprint density at radius 3 is 2.24 bits per heavy atom. The van der Waals surface area contributed by atoms with Gasteiger partial charge < -0.3 is 24.1 Å². The van der Waals surface area contributed by atoms with Gasteiger partial charge in [0.2, 0.25) is 0 Å². The third-order valence-electron chi connectivity index (χ3n) is 5.15. The van der Waals surface area contributed by atoms with Crippen LogP contribution in [0, 0.1) is 0 Å². The van der Waals surface area contributed by atoms with E-state index in [0.29, 0.717) is 28.5 Å². The first kappa shape index (κ1) is 25.0. The number of methoxy groups -OCH3 is 2. The van der Waals surface area contributed by atoms with Crippen LogP contribution in [0.25, 0.3) is 22.2 Å². The molecule has 0 aliphatic heterocycles. The molecule has 0 unspecified atom stereocenters. The second-order valence-electron chi connectivity index (χ2n) is 9.16. The smallest absolute Gasteiger partial charge is 0.419 e. The van der Waals surface area contributed by atoms with E-state index in [9.17, 15) is 9.59 Å². The SMILES string of the molecule is COc1ccc(-c2c(C(C)C)c3cc(OCC(=O)O)ccc3n2C(=O)OC(C)(C)C)cc1OC. The minimum absolute atomic E-state index is 0.0176. The fourth-order valence-corrected chi connectivity index (χ4v) is 3.88. The first-order valence-electron chi connectivity index (χ1n) is 11.0. The van der Waals surface area contributed by atoms with Crippen LogP contribution in [-0.4, -0.2) is 48.2 Å². The average Bonchev–Trinajstić information content (AvgIpc) is 3.10. The molecule has 1 aromatic heterocycles. The molecule has 3 rings (SSSR count). The van der Waals surface area contributed by atoms with Crippen LogP contribution in [0.5, 0.6) is 17.2 Å². The number of hydrogen-bond acceptors (Lipinski definition) is 6. The van der Waals surface area contributed by atoms with Crippen molar-refractivity contribution in [1.29, 1.82) is 0 Å². The lowest BCUT2D eigenvalue weighted by Crippen LogP contribution is -2.27. The number of carbonyl (C=O) groups is 2. The third-order valence-corrected chi connectivity index (χ3v) is 5.15. The summed E-state index contributed by atoms with van der Waals surface area (Å²) in [7, 11) is 3.12. The molecule has 0 spiro atoms. The third kappa shape index (κ3) is 5.11.